The van der Waals surface area contributed by atoms with Gasteiger partial charge in [0.2, 0.25) is 6.41 Å². The number of carboxylic acids is 1. The van der Waals surface area contributed by atoms with Crippen LogP contribution in [0.4, 0.5) is 0 Å². The second-order valence-electron chi connectivity index (χ2n) is 5.78. The summed E-state index contributed by atoms with van der Waals surface area (Å²) in [5, 5.41) is 9.69. The highest BCUT2D eigenvalue weighted by Crippen LogP contribution is 2.37. The third-order valence-corrected chi connectivity index (χ3v) is 4.39. The van der Waals surface area contributed by atoms with Crippen molar-refractivity contribution < 1.29 is 14.7 Å². The molecule has 0 aromatic carbocycles. The summed E-state index contributed by atoms with van der Waals surface area (Å²) in [7, 11) is 0. The first-order valence-corrected chi connectivity index (χ1v) is 7.33. The predicted molar refractivity (Wildman–Crippen MR) is 71.9 cm³/mol. The number of hydrogen-bond donors (Lipinski definition) is 1. The van der Waals surface area contributed by atoms with Crippen molar-refractivity contribution in [2.75, 3.05) is 19.6 Å². The Labute approximate surface area is 114 Å². The highest BCUT2D eigenvalue weighted by molar-refractivity contribution is 5.82. The lowest BCUT2D eigenvalue weighted by Gasteiger charge is -2.38. The van der Waals surface area contributed by atoms with E-state index in [1.165, 1.54) is 0 Å². The number of rotatable bonds is 6. The average Bonchev–Trinajstić information content (AvgIpc) is 3.19. The first kappa shape index (κ1) is 14.3. The van der Waals surface area contributed by atoms with Gasteiger partial charge in [0, 0.05) is 12.6 Å². The lowest BCUT2D eigenvalue weighted by molar-refractivity contribution is -0.157. The molecule has 0 aromatic rings. The second kappa shape index (κ2) is 5.90. The fourth-order valence-corrected chi connectivity index (χ4v) is 3.19. The number of carboxylic acid groups (broad SMARTS) is 1. The van der Waals surface area contributed by atoms with E-state index in [4.69, 9.17) is 0 Å². The topological polar surface area (TPSA) is 60.9 Å². The van der Waals surface area contributed by atoms with Crippen LogP contribution >= 0.6 is 0 Å². The molecule has 2 rings (SSSR count). The lowest BCUT2D eigenvalue weighted by atomic mass is 9.88. The highest BCUT2D eigenvalue weighted by Gasteiger charge is 2.49. The number of nitrogens with zero attached hydrogens (tertiary/aromatic N) is 2. The molecule has 1 saturated heterocycles. The van der Waals surface area contributed by atoms with E-state index in [-0.39, 0.29) is 6.04 Å². The predicted octanol–water partition coefficient (Wildman–Crippen LogP) is 1.33. The maximum absolute atomic E-state index is 11.8. The molecule has 0 bridgehead atoms. The molecule has 1 saturated carbocycles. The lowest BCUT2D eigenvalue weighted by Crippen LogP contribution is -2.55. The Morgan fingerprint density at radius 2 is 2.16 bits per heavy atom. The van der Waals surface area contributed by atoms with Crippen molar-refractivity contribution >= 4 is 12.4 Å². The molecule has 5 heteroatoms. The Bertz CT molecular complexity index is 344. The van der Waals surface area contributed by atoms with Gasteiger partial charge >= 0.3 is 5.97 Å². The second-order valence-corrected chi connectivity index (χ2v) is 5.78. The highest BCUT2D eigenvalue weighted by atomic mass is 16.4. The monoisotopic (exact) mass is 268 g/mol. The van der Waals surface area contributed by atoms with E-state index >= 15 is 0 Å². The van der Waals surface area contributed by atoms with Crippen LogP contribution in [0.25, 0.3) is 0 Å². The first-order chi connectivity index (χ1) is 9.14. The normalized spacial score (nSPS) is 28.7. The van der Waals surface area contributed by atoms with Gasteiger partial charge in [-0.25, -0.2) is 4.79 Å². The summed E-state index contributed by atoms with van der Waals surface area (Å²) >= 11 is 0. The Kier molecular flexibility index (Phi) is 4.45. The van der Waals surface area contributed by atoms with Gasteiger partial charge in [-0.3, -0.25) is 4.79 Å². The summed E-state index contributed by atoms with van der Waals surface area (Å²) in [5.41, 5.74) is -0.967. The Morgan fingerprint density at radius 1 is 1.42 bits per heavy atom. The summed E-state index contributed by atoms with van der Waals surface area (Å²) in [6.07, 6.45) is 5.74. The maximum atomic E-state index is 11.8. The van der Waals surface area contributed by atoms with Gasteiger partial charge in [0.1, 0.15) is 5.54 Å². The molecular formula is C14H24N2O3. The zero-order chi connectivity index (χ0) is 13.9. The van der Waals surface area contributed by atoms with E-state index < -0.39 is 11.5 Å². The summed E-state index contributed by atoms with van der Waals surface area (Å²) < 4.78 is 0. The molecule has 5 nitrogen and oxygen atoms in total. The van der Waals surface area contributed by atoms with Gasteiger partial charge in [-0.2, -0.15) is 0 Å². The minimum absolute atomic E-state index is 0.159. The van der Waals surface area contributed by atoms with Gasteiger partial charge < -0.3 is 14.9 Å². The number of carbonyl (C=O) groups excluding carboxylic acids is 1. The van der Waals surface area contributed by atoms with Crippen molar-refractivity contribution in [2.45, 2.75) is 57.0 Å². The Morgan fingerprint density at radius 3 is 2.68 bits per heavy atom. The number of hydrogen-bond acceptors (Lipinski definition) is 3. The SMILES string of the molecule is CCCN1CCCC(C(=O)O)(N(C=O)C2CC2)CC1. The van der Waals surface area contributed by atoms with Crippen molar-refractivity contribution in [3.05, 3.63) is 0 Å². The molecule has 1 aliphatic heterocycles. The molecule has 1 amide bonds. The molecule has 1 unspecified atom stereocenters. The standard InChI is InChI=1S/C14H24N2O3/c1-2-8-15-9-3-6-14(7-10-15,13(18)19)16(11-17)12-4-5-12/h11-12H,2-10H2,1H3,(H,18,19). The van der Waals surface area contributed by atoms with Gasteiger partial charge in [-0.05, 0) is 51.6 Å². The summed E-state index contributed by atoms with van der Waals surface area (Å²) in [6.45, 7) is 4.87. The molecule has 0 aromatic heterocycles. The van der Waals surface area contributed by atoms with E-state index in [9.17, 15) is 14.7 Å². The molecule has 1 aliphatic carbocycles. The van der Waals surface area contributed by atoms with Crippen LogP contribution in [0.15, 0.2) is 0 Å². The fraction of sp³-hybridized carbons (Fsp3) is 0.857. The maximum Gasteiger partial charge on any atom is 0.329 e. The summed E-state index contributed by atoms with van der Waals surface area (Å²) in [6, 6.07) is 0.159. The largest absolute Gasteiger partial charge is 0.479 e. The van der Waals surface area contributed by atoms with E-state index in [1.54, 1.807) is 4.90 Å². The molecule has 108 valence electrons. The summed E-state index contributed by atoms with van der Waals surface area (Å²) in [4.78, 5) is 27.1. The molecular weight excluding hydrogens is 244 g/mol. The quantitative estimate of drug-likeness (QED) is 0.738. The van der Waals surface area contributed by atoms with Crippen LogP contribution < -0.4 is 0 Å². The third kappa shape index (κ3) is 2.91. The van der Waals surface area contributed by atoms with Gasteiger partial charge in [0.15, 0.2) is 0 Å². The first-order valence-electron chi connectivity index (χ1n) is 7.33. The van der Waals surface area contributed by atoms with Crippen LogP contribution in [-0.2, 0) is 9.59 Å². The van der Waals surface area contributed by atoms with E-state index in [0.29, 0.717) is 12.8 Å². The minimum atomic E-state index is -0.967. The Hall–Kier alpha value is -1.10. The van der Waals surface area contributed by atoms with Crippen molar-refractivity contribution in [3.63, 3.8) is 0 Å². The van der Waals surface area contributed by atoms with Crippen molar-refractivity contribution in [1.29, 1.82) is 0 Å². The number of carbonyl (C=O) groups is 2. The van der Waals surface area contributed by atoms with Crippen LogP contribution in [0.1, 0.15) is 45.4 Å². The van der Waals surface area contributed by atoms with Crippen LogP contribution in [-0.4, -0.2) is 58.5 Å². The molecule has 0 spiro atoms. The summed E-state index contributed by atoms with van der Waals surface area (Å²) in [5.74, 6) is -0.829. The number of aliphatic carboxylic acids is 1. The van der Waals surface area contributed by atoms with Crippen molar-refractivity contribution in [1.82, 2.24) is 9.80 Å². The van der Waals surface area contributed by atoms with Crippen LogP contribution in [0.5, 0.6) is 0 Å². The fourth-order valence-electron chi connectivity index (χ4n) is 3.19. The molecule has 0 radical (unpaired) electrons. The smallest absolute Gasteiger partial charge is 0.329 e. The molecule has 1 heterocycles. The number of amides is 1. The van der Waals surface area contributed by atoms with Crippen molar-refractivity contribution in [3.8, 4) is 0 Å². The molecule has 2 fully saturated rings. The van der Waals surface area contributed by atoms with Crippen LogP contribution in [0, 0.1) is 0 Å². The van der Waals surface area contributed by atoms with Crippen LogP contribution in [0.2, 0.25) is 0 Å². The van der Waals surface area contributed by atoms with Crippen LogP contribution in [0.3, 0.4) is 0 Å². The van der Waals surface area contributed by atoms with Gasteiger partial charge in [0.05, 0.1) is 0 Å². The van der Waals surface area contributed by atoms with Crippen molar-refractivity contribution in [2.24, 2.45) is 0 Å². The average molecular weight is 268 g/mol. The molecule has 1 atom stereocenters. The van der Waals surface area contributed by atoms with Gasteiger partial charge in [-0.15, -0.1) is 0 Å². The van der Waals surface area contributed by atoms with E-state index in [2.05, 4.69) is 11.8 Å². The molecule has 1 N–H and O–H groups in total. The zero-order valence-corrected chi connectivity index (χ0v) is 11.7. The van der Waals surface area contributed by atoms with E-state index in [1.807, 2.05) is 0 Å². The van der Waals surface area contributed by atoms with E-state index in [0.717, 1.165) is 51.7 Å². The number of likely N-dealkylation sites (tertiary alicyclic amines) is 1. The zero-order valence-electron chi connectivity index (χ0n) is 11.7. The Balaban J connectivity index is 2.14. The third-order valence-electron chi connectivity index (χ3n) is 4.39. The molecule has 19 heavy (non-hydrogen) atoms. The molecule has 2 aliphatic rings. The van der Waals surface area contributed by atoms with Gasteiger partial charge in [-0.1, -0.05) is 6.92 Å². The van der Waals surface area contributed by atoms with Gasteiger partial charge in [0.25, 0.3) is 0 Å². The minimum Gasteiger partial charge on any atom is -0.479 e.